The van der Waals surface area contributed by atoms with Crippen LogP contribution in [0.3, 0.4) is 0 Å². The molecular formula is C9H19F3N2. The lowest BCUT2D eigenvalue weighted by Gasteiger charge is -2.28. The zero-order valence-corrected chi connectivity index (χ0v) is 9.20. The molecule has 0 unspecified atom stereocenters. The Morgan fingerprint density at radius 1 is 1.07 bits per heavy atom. The van der Waals surface area contributed by atoms with Crippen LogP contribution in [0.5, 0.6) is 0 Å². The number of hydrogen-bond donors (Lipinski definition) is 1. The van der Waals surface area contributed by atoms with Gasteiger partial charge in [-0.15, -0.1) is 0 Å². The van der Waals surface area contributed by atoms with Gasteiger partial charge in [-0.3, -0.25) is 0 Å². The third kappa shape index (κ3) is 8.31. The van der Waals surface area contributed by atoms with Gasteiger partial charge in [0.2, 0.25) is 0 Å². The first-order valence-electron chi connectivity index (χ1n) is 4.55. The van der Waals surface area contributed by atoms with Crippen LogP contribution in [-0.2, 0) is 0 Å². The fourth-order valence-electron chi connectivity index (χ4n) is 1.45. The minimum atomic E-state index is -4.12. The van der Waals surface area contributed by atoms with Crippen LogP contribution in [0.1, 0.15) is 13.8 Å². The minimum Gasteiger partial charge on any atom is -0.309 e. The number of rotatable bonds is 5. The Hall–Kier alpha value is -0.290. The topological polar surface area (TPSA) is 15.3 Å². The second-order valence-corrected chi connectivity index (χ2v) is 4.62. The summed E-state index contributed by atoms with van der Waals surface area (Å²) in [6.45, 7) is 4.10. The maximum Gasteiger partial charge on any atom is 0.401 e. The Balaban J connectivity index is 3.76. The summed E-state index contributed by atoms with van der Waals surface area (Å²) in [7, 11) is 3.82. The van der Waals surface area contributed by atoms with E-state index in [1.165, 1.54) is 0 Å². The van der Waals surface area contributed by atoms with E-state index in [9.17, 15) is 13.2 Å². The fraction of sp³-hybridized carbons (Fsp3) is 1.00. The van der Waals surface area contributed by atoms with E-state index in [2.05, 4.69) is 5.32 Å². The maximum atomic E-state index is 11.8. The lowest BCUT2D eigenvalue weighted by molar-refractivity contribution is -0.125. The number of alkyl halides is 3. The molecule has 0 saturated carbocycles. The Bertz CT molecular complexity index is 164. The van der Waals surface area contributed by atoms with Crippen molar-refractivity contribution in [2.45, 2.75) is 20.0 Å². The lowest BCUT2D eigenvalue weighted by Crippen LogP contribution is -2.40. The quantitative estimate of drug-likeness (QED) is 0.746. The highest BCUT2D eigenvalue weighted by molar-refractivity contribution is 4.74. The smallest absolute Gasteiger partial charge is 0.309 e. The molecule has 0 atom stereocenters. The van der Waals surface area contributed by atoms with Gasteiger partial charge in [0, 0.05) is 13.1 Å². The van der Waals surface area contributed by atoms with Crippen LogP contribution in [0.15, 0.2) is 0 Å². The predicted molar refractivity (Wildman–Crippen MR) is 51.3 cm³/mol. The van der Waals surface area contributed by atoms with Crippen LogP contribution < -0.4 is 5.32 Å². The van der Waals surface area contributed by atoms with Gasteiger partial charge in [-0.2, -0.15) is 13.2 Å². The molecule has 0 bridgehead atoms. The molecule has 5 heteroatoms. The van der Waals surface area contributed by atoms with Gasteiger partial charge in [0.25, 0.3) is 0 Å². The van der Waals surface area contributed by atoms with Crippen LogP contribution in [0.4, 0.5) is 13.2 Å². The van der Waals surface area contributed by atoms with Crippen LogP contribution >= 0.6 is 0 Å². The molecule has 0 radical (unpaired) electrons. The summed E-state index contributed by atoms with van der Waals surface area (Å²) in [5.74, 6) is 0. The summed E-state index contributed by atoms with van der Waals surface area (Å²) < 4.78 is 35.5. The highest BCUT2D eigenvalue weighted by Gasteiger charge is 2.28. The Morgan fingerprint density at radius 2 is 1.57 bits per heavy atom. The molecule has 0 aromatic carbocycles. The van der Waals surface area contributed by atoms with Crippen molar-refractivity contribution in [1.29, 1.82) is 0 Å². The largest absolute Gasteiger partial charge is 0.401 e. The van der Waals surface area contributed by atoms with E-state index in [0.717, 1.165) is 6.54 Å². The van der Waals surface area contributed by atoms with Gasteiger partial charge < -0.3 is 10.2 Å². The van der Waals surface area contributed by atoms with Crippen LogP contribution in [-0.4, -0.2) is 44.8 Å². The van der Waals surface area contributed by atoms with E-state index in [4.69, 9.17) is 0 Å². The van der Waals surface area contributed by atoms with Crippen molar-refractivity contribution < 1.29 is 13.2 Å². The van der Waals surface area contributed by atoms with E-state index >= 15 is 0 Å². The van der Waals surface area contributed by atoms with Crippen LogP contribution in [0.2, 0.25) is 0 Å². The van der Waals surface area contributed by atoms with E-state index < -0.39 is 12.7 Å². The zero-order valence-electron chi connectivity index (χ0n) is 9.20. The molecule has 0 spiro atoms. The van der Waals surface area contributed by atoms with E-state index in [0.29, 0.717) is 6.54 Å². The Morgan fingerprint density at radius 3 is 1.93 bits per heavy atom. The molecule has 0 amide bonds. The molecule has 0 aromatic rings. The van der Waals surface area contributed by atoms with Gasteiger partial charge in [0.1, 0.15) is 0 Å². The first-order valence-corrected chi connectivity index (χ1v) is 4.55. The maximum absolute atomic E-state index is 11.8. The van der Waals surface area contributed by atoms with E-state index in [1.807, 2.05) is 32.8 Å². The second kappa shape index (κ2) is 4.98. The first kappa shape index (κ1) is 13.7. The van der Waals surface area contributed by atoms with Gasteiger partial charge in [-0.05, 0) is 19.5 Å². The van der Waals surface area contributed by atoms with Crippen molar-refractivity contribution >= 4 is 0 Å². The van der Waals surface area contributed by atoms with Crippen LogP contribution in [0.25, 0.3) is 0 Å². The summed E-state index contributed by atoms with van der Waals surface area (Å²) in [6, 6.07) is 0. The molecule has 1 N–H and O–H groups in total. The molecule has 0 aliphatic carbocycles. The molecule has 2 nitrogen and oxygen atoms in total. The summed E-state index contributed by atoms with van der Waals surface area (Å²) in [5.41, 5.74) is -0.144. The highest BCUT2D eigenvalue weighted by Crippen LogP contribution is 2.16. The summed E-state index contributed by atoms with van der Waals surface area (Å²) in [5, 5.41) is 2.42. The van der Waals surface area contributed by atoms with Crippen molar-refractivity contribution in [1.82, 2.24) is 10.2 Å². The second-order valence-electron chi connectivity index (χ2n) is 4.62. The molecule has 0 aromatic heterocycles. The molecule has 0 rings (SSSR count). The highest BCUT2D eigenvalue weighted by atomic mass is 19.4. The monoisotopic (exact) mass is 212 g/mol. The fourth-order valence-corrected chi connectivity index (χ4v) is 1.45. The average Bonchev–Trinajstić information content (AvgIpc) is 1.78. The SMILES string of the molecule is CN(C)CC(C)(C)CNCC(F)(F)F. The molecule has 0 aliphatic heterocycles. The zero-order chi connectivity index (χ0) is 11.4. The summed E-state index contributed by atoms with van der Waals surface area (Å²) in [4.78, 5) is 1.97. The van der Waals surface area contributed by atoms with Crippen molar-refractivity contribution in [3.63, 3.8) is 0 Å². The predicted octanol–water partition coefficient (Wildman–Crippen LogP) is 1.73. The summed E-state index contributed by atoms with van der Waals surface area (Å²) >= 11 is 0. The third-order valence-corrected chi connectivity index (χ3v) is 1.67. The summed E-state index contributed by atoms with van der Waals surface area (Å²) in [6.07, 6.45) is -4.12. The average molecular weight is 212 g/mol. The normalized spacial score (nSPS) is 13.7. The number of hydrogen-bond acceptors (Lipinski definition) is 2. The minimum absolute atomic E-state index is 0.144. The number of halogens is 3. The van der Waals surface area contributed by atoms with Crippen LogP contribution in [0, 0.1) is 5.41 Å². The molecular weight excluding hydrogens is 193 g/mol. The van der Waals surface area contributed by atoms with Crippen molar-refractivity contribution in [3.8, 4) is 0 Å². The third-order valence-electron chi connectivity index (χ3n) is 1.67. The molecule has 0 fully saturated rings. The van der Waals surface area contributed by atoms with Gasteiger partial charge in [0.05, 0.1) is 6.54 Å². The Labute approximate surface area is 83.5 Å². The van der Waals surface area contributed by atoms with Gasteiger partial charge in [-0.25, -0.2) is 0 Å². The molecule has 14 heavy (non-hydrogen) atoms. The van der Waals surface area contributed by atoms with E-state index in [1.54, 1.807) is 0 Å². The van der Waals surface area contributed by atoms with Gasteiger partial charge in [-0.1, -0.05) is 13.8 Å². The number of nitrogens with one attached hydrogen (secondary N) is 1. The Kier molecular flexibility index (Phi) is 4.88. The van der Waals surface area contributed by atoms with Gasteiger partial charge >= 0.3 is 6.18 Å². The van der Waals surface area contributed by atoms with Gasteiger partial charge in [0.15, 0.2) is 0 Å². The number of nitrogens with zero attached hydrogens (tertiary/aromatic N) is 1. The lowest BCUT2D eigenvalue weighted by atomic mass is 9.93. The van der Waals surface area contributed by atoms with Crippen molar-refractivity contribution in [3.05, 3.63) is 0 Å². The standard InChI is InChI=1S/C9H19F3N2/c1-8(2,7-14(3)4)5-13-6-9(10,11)12/h13H,5-7H2,1-4H3. The van der Waals surface area contributed by atoms with Crippen molar-refractivity contribution in [2.24, 2.45) is 5.41 Å². The molecule has 0 heterocycles. The molecule has 86 valence electrons. The van der Waals surface area contributed by atoms with E-state index in [-0.39, 0.29) is 5.41 Å². The first-order chi connectivity index (χ1) is 6.12. The molecule has 0 aliphatic rings. The molecule has 0 saturated heterocycles. The van der Waals surface area contributed by atoms with Crippen molar-refractivity contribution in [2.75, 3.05) is 33.7 Å².